The van der Waals surface area contributed by atoms with E-state index in [9.17, 15) is 9.59 Å². The van der Waals surface area contributed by atoms with Crippen LogP contribution in [-0.2, 0) is 14.3 Å². The summed E-state index contributed by atoms with van der Waals surface area (Å²) in [5.74, 6) is -2.32. The van der Waals surface area contributed by atoms with Crippen LogP contribution in [0, 0.1) is 5.82 Å². The number of hydrogen-bond donors (Lipinski definition) is 1. The Balaban J connectivity index is 2.17. The molecule has 1 heterocycles. The maximum absolute atomic E-state index is 15.1. The average molecular weight is 439 g/mol. The lowest BCUT2D eigenvalue weighted by Gasteiger charge is -2.25. The number of rotatable bonds is 6. The highest BCUT2D eigenvalue weighted by Crippen LogP contribution is 2.37. The first-order chi connectivity index (χ1) is 15.2. The molecular formula is C25H26FNO5. The van der Waals surface area contributed by atoms with Crippen LogP contribution in [0.15, 0.2) is 54.7 Å². The van der Waals surface area contributed by atoms with E-state index in [-0.39, 0.29) is 11.1 Å². The van der Waals surface area contributed by atoms with Gasteiger partial charge in [0.25, 0.3) is 0 Å². The van der Waals surface area contributed by atoms with Gasteiger partial charge in [0, 0.05) is 23.0 Å². The fourth-order valence-electron chi connectivity index (χ4n) is 3.46. The van der Waals surface area contributed by atoms with Gasteiger partial charge in [0.1, 0.15) is 23.1 Å². The SMILES string of the molecule is COC(=O)c1cccc(-c2ccc(OC)c(C(C(=O)OC(C)(C)C)c3ccc[nH]3)c2)c1F. The van der Waals surface area contributed by atoms with Gasteiger partial charge in [-0.1, -0.05) is 18.2 Å². The zero-order chi connectivity index (χ0) is 23.5. The second-order valence-electron chi connectivity index (χ2n) is 8.21. The van der Waals surface area contributed by atoms with E-state index in [0.717, 1.165) is 0 Å². The minimum Gasteiger partial charge on any atom is -0.496 e. The Morgan fingerprint density at radius 3 is 2.38 bits per heavy atom. The molecule has 168 valence electrons. The van der Waals surface area contributed by atoms with Crippen molar-refractivity contribution in [1.82, 2.24) is 4.98 Å². The van der Waals surface area contributed by atoms with Crippen LogP contribution in [0.2, 0.25) is 0 Å². The summed E-state index contributed by atoms with van der Waals surface area (Å²) in [6, 6.07) is 13.1. The van der Waals surface area contributed by atoms with Crippen LogP contribution in [0.5, 0.6) is 5.75 Å². The number of carbonyl (C=O) groups is 2. The quantitative estimate of drug-likeness (QED) is 0.542. The molecule has 0 aliphatic heterocycles. The first-order valence-electron chi connectivity index (χ1n) is 10.1. The van der Waals surface area contributed by atoms with Gasteiger partial charge in [-0.3, -0.25) is 4.79 Å². The van der Waals surface area contributed by atoms with Gasteiger partial charge in [0.15, 0.2) is 0 Å². The molecule has 1 unspecified atom stereocenters. The molecule has 1 N–H and O–H groups in total. The molecule has 1 atom stereocenters. The Bertz CT molecular complexity index is 1120. The van der Waals surface area contributed by atoms with E-state index in [1.54, 1.807) is 69.4 Å². The molecule has 0 aliphatic rings. The van der Waals surface area contributed by atoms with Crippen molar-refractivity contribution in [3.63, 3.8) is 0 Å². The minimum atomic E-state index is -0.828. The molecule has 0 spiro atoms. The number of ether oxygens (including phenoxy) is 3. The van der Waals surface area contributed by atoms with E-state index >= 15 is 4.39 Å². The summed E-state index contributed by atoms with van der Waals surface area (Å²) < 4.78 is 31.0. The van der Waals surface area contributed by atoms with E-state index in [1.807, 2.05) is 0 Å². The van der Waals surface area contributed by atoms with Gasteiger partial charge in [-0.25, -0.2) is 9.18 Å². The first kappa shape index (κ1) is 23.1. The number of halogens is 1. The third-order valence-corrected chi connectivity index (χ3v) is 4.83. The van der Waals surface area contributed by atoms with E-state index in [0.29, 0.717) is 22.6 Å². The summed E-state index contributed by atoms with van der Waals surface area (Å²) in [6.07, 6.45) is 1.71. The number of nitrogens with one attached hydrogen (secondary N) is 1. The molecule has 1 aromatic heterocycles. The highest BCUT2D eigenvalue weighted by atomic mass is 19.1. The van der Waals surface area contributed by atoms with Crippen molar-refractivity contribution in [2.45, 2.75) is 32.3 Å². The Labute approximate surface area is 186 Å². The molecule has 3 aromatic rings. The summed E-state index contributed by atoms with van der Waals surface area (Å²) in [5, 5.41) is 0. The Kier molecular flexibility index (Phi) is 6.67. The van der Waals surface area contributed by atoms with Gasteiger partial charge in [0.2, 0.25) is 0 Å². The Morgan fingerprint density at radius 1 is 1.03 bits per heavy atom. The standard InChI is InChI=1S/C25H26FNO5/c1-25(2,3)32-24(29)21(19-10-7-13-27-19)18-14-15(11-12-20(18)30-4)16-8-6-9-17(22(16)26)23(28)31-5/h6-14,21,27H,1-5H3. The summed E-state index contributed by atoms with van der Waals surface area (Å²) in [7, 11) is 2.69. The lowest BCUT2D eigenvalue weighted by atomic mass is 9.91. The molecule has 0 aliphatic carbocycles. The van der Waals surface area contributed by atoms with Crippen LogP contribution in [0.25, 0.3) is 11.1 Å². The molecule has 0 fully saturated rings. The third-order valence-electron chi connectivity index (χ3n) is 4.83. The number of benzene rings is 2. The second kappa shape index (κ2) is 9.26. The number of aromatic amines is 1. The molecule has 0 radical (unpaired) electrons. The van der Waals surface area contributed by atoms with Gasteiger partial charge < -0.3 is 19.2 Å². The normalized spacial score (nSPS) is 12.2. The zero-order valence-electron chi connectivity index (χ0n) is 18.7. The maximum atomic E-state index is 15.1. The van der Waals surface area contributed by atoms with Gasteiger partial charge in [-0.15, -0.1) is 0 Å². The van der Waals surface area contributed by atoms with E-state index in [4.69, 9.17) is 9.47 Å². The summed E-state index contributed by atoms with van der Waals surface area (Å²) in [4.78, 5) is 28.2. The Hall–Kier alpha value is -3.61. The van der Waals surface area contributed by atoms with Crippen LogP contribution >= 0.6 is 0 Å². The molecule has 32 heavy (non-hydrogen) atoms. The fourth-order valence-corrected chi connectivity index (χ4v) is 3.46. The van der Waals surface area contributed by atoms with Crippen LogP contribution in [-0.4, -0.2) is 36.7 Å². The zero-order valence-corrected chi connectivity index (χ0v) is 18.7. The lowest BCUT2D eigenvalue weighted by molar-refractivity contribution is -0.155. The summed E-state index contributed by atoms with van der Waals surface area (Å²) in [6.45, 7) is 5.37. The lowest BCUT2D eigenvalue weighted by Crippen LogP contribution is -2.28. The number of H-pyrrole nitrogens is 1. The van der Waals surface area contributed by atoms with Crippen LogP contribution in [0.4, 0.5) is 4.39 Å². The smallest absolute Gasteiger partial charge is 0.340 e. The molecule has 0 saturated carbocycles. The van der Waals surface area contributed by atoms with Gasteiger partial charge in [-0.05, 0) is 56.7 Å². The van der Waals surface area contributed by atoms with Crippen molar-refractivity contribution in [2.75, 3.05) is 14.2 Å². The van der Waals surface area contributed by atoms with Gasteiger partial charge >= 0.3 is 11.9 Å². The number of aromatic nitrogens is 1. The van der Waals surface area contributed by atoms with Crippen molar-refractivity contribution in [3.05, 3.63) is 77.4 Å². The van der Waals surface area contributed by atoms with Crippen LogP contribution in [0.1, 0.15) is 48.3 Å². The minimum absolute atomic E-state index is 0.171. The topological polar surface area (TPSA) is 77.6 Å². The van der Waals surface area contributed by atoms with Gasteiger partial charge in [0.05, 0.1) is 19.8 Å². The molecule has 2 aromatic carbocycles. The Morgan fingerprint density at radius 2 is 1.78 bits per heavy atom. The van der Waals surface area contributed by atoms with Crippen molar-refractivity contribution in [3.8, 4) is 16.9 Å². The first-order valence-corrected chi connectivity index (χ1v) is 10.1. The van der Waals surface area contributed by atoms with Crippen LogP contribution < -0.4 is 4.74 Å². The van der Waals surface area contributed by atoms with Crippen molar-refractivity contribution < 1.29 is 28.2 Å². The number of hydrogen-bond acceptors (Lipinski definition) is 5. The van der Waals surface area contributed by atoms with Crippen LogP contribution in [0.3, 0.4) is 0 Å². The number of esters is 2. The molecule has 6 nitrogen and oxygen atoms in total. The number of methoxy groups -OCH3 is 2. The molecule has 0 saturated heterocycles. The monoisotopic (exact) mass is 439 g/mol. The predicted molar refractivity (Wildman–Crippen MR) is 118 cm³/mol. The molecule has 0 bridgehead atoms. The molecule has 3 rings (SSSR count). The highest BCUT2D eigenvalue weighted by Gasteiger charge is 2.32. The largest absolute Gasteiger partial charge is 0.496 e. The van der Waals surface area contributed by atoms with Crippen molar-refractivity contribution in [2.24, 2.45) is 0 Å². The van der Waals surface area contributed by atoms with Crippen molar-refractivity contribution in [1.29, 1.82) is 0 Å². The average Bonchev–Trinajstić information content (AvgIpc) is 3.26. The van der Waals surface area contributed by atoms with E-state index in [2.05, 4.69) is 9.72 Å². The van der Waals surface area contributed by atoms with E-state index < -0.39 is 29.3 Å². The third kappa shape index (κ3) is 4.82. The number of carbonyl (C=O) groups excluding carboxylic acids is 2. The predicted octanol–water partition coefficient (Wildman–Crippen LogP) is 5.09. The molecule has 7 heteroatoms. The van der Waals surface area contributed by atoms with Crippen molar-refractivity contribution >= 4 is 11.9 Å². The fraction of sp³-hybridized carbons (Fsp3) is 0.280. The highest BCUT2D eigenvalue weighted by molar-refractivity contribution is 5.91. The molecule has 0 amide bonds. The second-order valence-corrected chi connectivity index (χ2v) is 8.21. The molecular weight excluding hydrogens is 413 g/mol. The summed E-state index contributed by atoms with van der Waals surface area (Å²) >= 11 is 0. The maximum Gasteiger partial charge on any atom is 0.340 e. The van der Waals surface area contributed by atoms with E-state index in [1.165, 1.54) is 20.3 Å². The van der Waals surface area contributed by atoms with Gasteiger partial charge in [-0.2, -0.15) is 0 Å². The summed E-state index contributed by atoms with van der Waals surface area (Å²) in [5.41, 5.74) is 0.919.